The van der Waals surface area contributed by atoms with Gasteiger partial charge in [-0.15, -0.1) is 0 Å². The molecule has 5 nitrogen and oxygen atoms in total. The number of ether oxygens (including phenoxy) is 1. The molecule has 0 amide bonds. The van der Waals surface area contributed by atoms with Crippen molar-refractivity contribution < 1.29 is 13.2 Å². The second-order valence-corrected chi connectivity index (χ2v) is 8.51. The van der Waals surface area contributed by atoms with Crippen LogP contribution in [0.25, 0.3) is 0 Å². The van der Waals surface area contributed by atoms with Gasteiger partial charge in [-0.1, -0.05) is 19.3 Å². The van der Waals surface area contributed by atoms with Crippen LogP contribution in [0.2, 0.25) is 0 Å². The number of hydrogen-bond acceptors (Lipinski definition) is 4. The number of sulfonamides is 1. The van der Waals surface area contributed by atoms with E-state index in [0.717, 1.165) is 57.3 Å². The second-order valence-electron chi connectivity index (χ2n) is 6.55. The fourth-order valence-corrected chi connectivity index (χ4v) is 5.10. The summed E-state index contributed by atoms with van der Waals surface area (Å²) in [5.74, 6) is 0. The molecule has 2 fully saturated rings. The Morgan fingerprint density at radius 2 is 1.78 bits per heavy atom. The van der Waals surface area contributed by atoms with Crippen LogP contribution in [0, 0.1) is 0 Å². The van der Waals surface area contributed by atoms with Gasteiger partial charge in [0, 0.05) is 31.6 Å². The summed E-state index contributed by atoms with van der Waals surface area (Å²) in [5.41, 5.74) is 1.77. The fourth-order valence-electron chi connectivity index (χ4n) is 3.52. The zero-order valence-corrected chi connectivity index (χ0v) is 14.5. The van der Waals surface area contributed by atoms with Crippen molar-refractivity contribution in [1.82, 2.24) is 0 Å². The molecule has 0 unspecified atom stereocenters. The zero-order chi connectivity index (χ0) is 16.3. The van der Waals surface area contributed by atoms with Gasteiger partial charge in [0.05, 0.1) is 11.4 Å². The molecule has 0 aromatic heterocycles. The van der Waals surface area contributed by atoms with Crippen molar-refractivity contribution in [2.24, 2.45) is 0 Å². The highest BCUT2D eigenvalue weighted by Gasteiger charge is 2.27. The molecule has 3 rings (SSSR count). The molecule has 1 N–H and O–H groups in total. The average molecular weight is 338 g/mol. The lowest BCUT2D eigenvalue weighted by molar-refractivity contribution is 0.121. The maximum absolute atomic E-state index is 12.4. The average Bonchev–Trinajstić information content (AvgIpc) is 3.05. The highest BCUT2D eigenvalue weighted by Crippen LogP contribution is 2.27. The second kappa shape index (κ2) is 7.09. The first-order valence-corrected chi connectivity index (χ1v) is 10.0. The molecule has 1 aromatic rings. The molecular formula is C17H26N2O3S. The standard InChI is InChI=1S/C17H26N2O3S/c1-22-16-11-12-19(13-16)15-9-7-14(8-10-15)18-23(20,21)17-5-3-2-4-6-17/h7-10,16-18H,2-6,11-13H2,1H3/t16-/m0/s1. The van der Waals surface area contributed by atoms with Crippen LogP contribution >= 0.6 is 0 Å². The Morgan fingerprint density at radius 3 is 2.39 bits per heavy atom. The monoisotopic (exact) mass is 338 g/mol. The Hall–Kier alpha value is -1.27. The molecule has 2 aliphatic rings. The normalized spacial score (nSPS) is 23.2. The Morgan fingerprint density at radius 1 is 1.09 bits per heavy atom. The number of rotatable bonds is 5. The van der Waals surface area contributed by atoms with Crippen LogP contribution in [0.5, 0.6) is 0 Å². The van der Waals surface area contributed by atoms with E-state index in [4.69, 9.17) is 4.74 Å². The third-order valence-electron chi connectivity index (χ3n) is 4.96. The van der Waals surface area contributed by atoms with Crippen LogP contribution in [-0.2, 0) is 14.8 Å². The molecule has 0 bridgehead atoms. The zero-order valence-electron chi connectivity index (χ0n) is 13.7. The van der Waals surface area contributed by atoms with Gasteiger partial charge in [0.15, 0.2) is 0 Å². The predicted octanol–water partition coefficient (Wildman–Crippen LogP) is 2.99. The molecule has 23 heavy (non-hydrogen) atoms. The number of hydrogen-bond donors (Lipinski definition) is 1. The van der Waals surface area contributed by atoms with Crippen LogP contribution < -0.4 is 9.62 Å². The molecule has 1 aliphatic heterocycles. The van der Waals surface area contributed by atoms with Crippen LogP contribution in [0.4, 0.5) is 11.4 Å². The quantitative estimate of drug-likeness (QED) is 0.897. The molecule has 0 spiro atoms. The summed E-state index contributed by atoms with van der Waals surface area (Å²) in [6.07, 6.45) is 6.06. The van der Waals surface area contributed by atoms with E-state index in [2.05, 4.69) is 9.62 Å². The van der Waals surface area contributed by atoms with Crippen molar-refractivity contribution >= 4 is 21.4 Å². The van der Waals surface area contributed by atoms with Crippen LogP contribution in [0.15, 0.2) is 24.3 Å². The van der Waals surface area contributed by atoms with Gasteiger partial charge in [0.2, 0.25) is 10.0 Å². The lowest BCUT2D eigenvalue weighted by Gasteiger charge is -2.23. The Balaban J connectivity index is 1.63. The minimum absolute atomic E-state index is 0.239. The summed E-state index contributed by atoms with van der Waals surface area (Å²) in [6, 6.07) is 7.68. The number of methoxy groups -OCH3 is 1. The third-order valence-corrected chi connectivity index (χ3v) is 6.83. The van der Waals surface area contributed by atoms with Crippen LogP contribution in [0.3, 0.4) is 0 Å². The lowest BCUT2D eigenvalue weighted by atomic mass is 10.0. The smallest absolute Gasteiger partial charge is 0.235 e. The summed E-state index contributed by atoms with van der Waals surface area (Å²) in [6.45, 7) is 1.87. The highest BCUT2D eigenvalue weighted by atomic mass is 32.2. The molecule has 128 valence electrons. The Labute approximate surface area is 139 Å². The van der Waals surface area contributed by atoms with E-state index in [0.29, 0.717) is 11.8 Å². The Bertz CT molecular complexity index is 609. The van der Waals surface area contributed by atoms with Gasteiger partial charge in [0.25, 0.3) is 0 Å². The van der Waals surface area contributed by atoms with Crippen molar-refractivity contribution in [3.05, 3.63) is 24.3 Å². The molecular weight excluding hydrogens is 312 g/mol. The van der Waals surface area contributed by atoms with Crippen molar-refractivity contribution in [2.75, 3.05) is 29.8 Å². The lowest BCUT2D eigenvalue weighted by Crippen LogP contribution is -2.29. The summed E-state index contributed by atoms with van der Waals surface area (Å²) >= 11 is 0. The van der Waals surface area contributed by atoms with Crippen molar-refractivity contribution in [3.8, 4) is 0 Å². The Kier molecular flexibility index (Phi) is 5.11. The third kappa shape index (κ3) is 3.98. The van der Waals surface area contributed by atoms with Gasteiger partial charge < -0.3 is 9.64 Å². The molecule has 6 heteroatoms. The van der Waals surface area contributed by atoms with Gasteiger partial charge in [-0.05, 0) is 43.5 Å². The van der Waals surface area contributed by atoms with Crippen molar-refractivity contribution in [1.29, 1.82) is 0 Å². The summed E-state index contributed by atoms with van der Waals surface area (Å²) in [7, 11) is -1.52. The minimum Gasteiger partial charge on any atom is -0.380 e. The van der Waals surface area contributed by atoms with E-state index in [1.807, 2.05) is 24.3 Å². The summed E-state index contributed by atoms with van der Waals surface area (Å²) in [4.78, 5) is 2.27. The van der Waals surface area contributed by atoms with Crippen molar-refractivity contribution in [3.63, 3.8) is 0 Å². The van der Waals surface area contributed by atoms with E-state index in [-0.39, 0.29) is 5.25 Å². The highest BCUT2D eigenvalue weighted by molar-refractivity contribution is 7.93. The molecule has 1 heterocycles. The predicted molar refractivity (Wildman–Crippen MR) is 93.5 cm³/mol. The van der Waals surface area contributed by atoms with Gasteiger partial charge in [0.1, 0.15) is 0 Å². The van der Waals surface area contributed by atoms with Gasteiger partial charge in [-0.2, -0.15) is 0 Å². The van der Waals surface area contributed by atoms with Gasteiger partial charge in [-0.3, -0.25) is 4.72 Å². The van der Waals surface area contributed by atoms with E-state index < -0.39 is 10.0 Å². The maximum atomic E-state index is 12.4. The first kappa shape index (κ1) is 16.6. The molecule has 1 saturated carbocycles. The van der Waals surface area contributed by atoms with E-state index in [9.17, 15) is 8.42 Å². The number of nitrogens with zero attached hydrogens (tertiary/aromatic N) is 1. The largest absolute Gasteiger partial charge is 0.380 e. The van der Waals surface area contributed by atoms with Crippen molar-refractivity contribution in [2.45, 2.75) is 49.9 Å². The summed E-state index contributed by atoms with van der Waals surface area (Å²) < 4.78 is 33.0. The van der Waals surface area contributed by atoms with Gasteiger partial charge >= 0.3 is 0 Å². The van der Waals surface area contributed by atoms with Gasteiger partial charge in [-0.25, -0.2) is 8.42 Å². The first-order valence-electron chi connectivity index (χ1n) is 8.48. The number of benzene rings is 1. The number of nitrogens with one attached hydrogen (secondary N) is 1. The topological polar surface area (TPSA) is 58.6 Å². The fraction of sp³-hybridized carbons (Fsp3) is 0.647. The summed E-state index contributed by atoms with van der Waals surface area (Å²) in [5, 5.41) is -0.239. The SMILES string of the molecule is CO[C@H]1CCN(c2ccc(NS(=O)(=O)C3CCCCC3)cc2)C1. The van der Waals surface area contributed by atoms with E-state index in [1.165, 1.54) is 0 Å². The van der Waals surface area contributed by atoms with Crippen LogP contribution in [0.1, 0.15) is 38.5 Å². The molecule has 1 aliphatic carbocycles. The van der Waals surface area contributed by atoms with E-state index in [1.54, 1.807) is 7.11 Å². The molecule has 0 radical (unpaired) electrons. The number of anilines is 2. The molecule has 1 saturated heterocycles. The first-order chi connectivity index (χ1) is 11.1. The van der Waals surface area contributed by atoms with Crippen LogP contribution in [-0.4, -0.2) is 40.0 Å². The molecule has 1 atom stereocenters. The molecule has 1 aromatic carbocycles. The van der Waals surface area contributed by atoms with E-state index >= 15 is 0 Å². The maximum Gasteiger partial charge on any atom is 0.235 e. The minimum atomic E-state index is -3.26.